The van der Waals surface area contributed by atoms with Gasteiger partial charge in [-0.05, 0) is 50.9 Å². The summed E-state index contributed by atoms with van der Waals surface area (Å²) in [6.45, 7) is 16.5. The van der Waals surface area contributed by atoms with Crippen LogP contribution >= 0.6 is 0 Å². The third-order valence-corrected chi connectivity index (χ3v) is 4.03. The lowest BCUT2D eigenvalue weighted by molar-refractivity contribution is -0.169. The highest BCUT2D eigenvalue weighted by atomic mass is 16.7. The van der Waals surface area contributed by atoms with E-state index >= 15 is 0 Å². The summed E-state index contributed by atoms with van der Waals surface area (Å²) in [5, 5.41) is 0. The maximum Gasteiger partial charge on any atom is 0.508 e. The molecule has 0 bridgehead atoms. The van der Waals surface area contributed by atoms with E-state index in [0.717, 1.165) is 0 Å². The summed E-state index contributed by atoms with van der Waals surface area (Å²) >= 11 is 0. The molecule has 0 saturated carbocycles. The van der Waals surface area contributed by atoms with Crippen LogP contribution in [0, 0.1) is 23.2 Å². The minimum absolute atomic E-state index is 0.244. The Balaban J connectivity index is 5.96. The first-order valence-corrected chi connectivity index (χ1v) is 9.59. The number of hydrogen-bond donors (Lipinski definition) is 0. The highest BCUT2D eigenvalue weighted by molar-refractivity contribution is 5.78. The van der Waals surface area contributed by atoms with Crippen molar-refractivity contribution in [3.8, 4) is 0 Å². The second kappa shape index (κ2) is 11.4. The number of carbonyl (C=O) groups excluding carboxylic acids is 2. The lowest BCUT2D eigenvalue weighted by atomic mass is 9.68. The van der Waals surface area contributed by atoms with Gasteiger partial charge in [-0.3, -0.25) is 4.79 Å². The zero-order valence-electron chi connectivity index (χ0n) is 17.4. The highest BCUT2D eigenvalue weighted by Gasteiger charge is 2.50. The molecule has 0 fully saturated rings. The molecule has 0 aliphatic rings. The number of carbonyl (C=O) groups is 2. The second-order valence-electron chi connectivity index (χ2n) is 7.99. The first-order chi connectivity index (χ1) is 11.6. The van der Waals surface area contributed by atoms with Crippen LogP contribution in [-0.2, 0) is 19.0 Å². The van der Waals surface area contributed by atoms with Crippen LogP contribution in [0.4, 0.5) is 4.79 Å². The predicted octanol–water partition coefficient (Wildman–Crippen LogP) is 5.22. The van der Waals surface area contributed by atoms with Crippen molar-refractivity contribution >= 4 is 12.1 Å². The summed E-state index contributed by atoms with van der Waals surface area (Å²) < 4.78 is 16.1. The van der Waals surface area contributed by atoms with Crippen molar-refractivity contribution in [3.05, 3.63) is 0 Å². The Morgan fingerprint density at radius 3 is 1.64 bits per heavy atom. The molecule has 148 valence electrons. The average Bonchev–Trinajstić information content (AvgIpc) is 2.44. The van der Waals surface area contributed by atoms with Gasteiger partial charge in [0.1, 0.15) is 11.5 Å². The van der Waals surface area contributed by atoms with E-state index in [1.54, 1.807) is 13.8 Å². The van der Waals surface area contributed by atoms with Crippen LogP contribution in [0.25, 0.3) is 0 Å². The lowest BCUT2D eigenvalue weighted by Gasteiger charge is -2.40. The first kappa shape index (κ1) is 23.7. The van der Waals surface area contributed by atoms with E-state index in [0.29, 0.717) is 25.9 Å². The molecule has 0 saturated heterocycles. The van der Waals surface area contributed by atoms with Crippen molar-refractivity contribution in [1.82, 2.24) is 0 Å². The van der Waals surface area contributed by atoms with E-state index < -0.39 is 17.7 Å². The molecule has 1 atom stereocenters. The van der Waals surface area contributed by atoms with Gasteiger partial charge in [-0.2, -0.15) is 0 Å². The van der Waals surface area contributed by atoms with Gasteiger partial charge in [0.15, 0.2) is 0 Å². The minimum atomic E-state index is -0.852. The normalized spacial score (nSPS) is 13.2. The summed E-state index contributed by atoms with van der Waals surface area (Å²) in [7, 11) is 0. The molecular formula is C20H38O5. The fraction of sp³-hybridized carbons (Fsp3) is 0.900. The maximum absolute atomic E-state index is 13.0. The lowest BCUT2D eigenvalue weighted by Crippen LogP contribution is -2.48. The average molecular weight is 359 g/mol. The van der Waals surface area contributed by atoms with Crippen molar-refractivity contribution in [2.24, 2.45) is 23.2 Å². The fourth-order valence-electron chi connectivity index (χ4n) is 3.46. The molecule has 0 aromatic carbocycles. The van der Waals surface area contributed by atoms with Gasteiger partial charge in [-0.25, -0.2) is 4.79 Å². The standard InChI is InChI=1S/C20H38O5/c1-9-23-18(21)20(12-15(5)6,13-16(7)8)17(11-14(3)4)25-19(22)24-10-2/h14-17H,9-13H2,1-8H3. The molecule has 0 aromatic heterocycles. The third-order valence-electron chi connectivity index (χ3n) is 4.03. The molecule has 0 spiro atoms. The summed E-state index contributed by atoms with van der Waals surface area (Å²) in [4.78, 5) is 25.1. The largest absolute Gasteiger partial charge is 0.508 e. The summed E-state index contributed by atoms with van der Waals surface area (Å²) in [5.74, 6) is 0.534. The van der Waals surface area contributed by atoms with Crippen LogP contribution in [0.3, 0.4) is 0 Å². The summed E-state index contributed by atoms with van der Waals surface area (Å²) in [5.41, 5.74) is -0.852. The molecule has 0 N–H and O–H groups in total. The van der Waals surface area contributed by atoms with E-state index in [-0.39, 0.29) is 30.3 Å². The second-order valence-corrected chi connectivity index (χ2v) is 7.99. The molecule has 1 unspecified atom stereocenters. The zero-order chi connectivity index (χ0) is 19.6. The molecule has 0 rings (SSSR count). The van der Waals surface area contributed by atoms with E-state index in [4.69, 9.17) is 14.2 Å². The van der Waals surface area contributed by atoms with Gasteiger partial charge < -0.3 is 14.2 Å². The Labute approximate surface area is 153 Å². The van der Waals surface area contributed by atoms with Gasteiger partial charge in [-0.15, -0.1) is 0 Å². The Morgan fingerprint density at radius 2 is 1.28 bits per heavy atom. The van der Waals surface area contributed by atoms with Crippen LogP contribution in [0.2, 0.25) is 0 Å². The number of ether oxygens (including phenoxy) is 3. The molecular weight excluding hydrogens is 320 g/mol. The first-order valence-electron chi connectivity index (χ1n) is 9.59. The van der Waals surface area contributed by atoms with E-state index in [1.807, 2.05) is 0 Å². The predicted molar refractivity (Wildman–Crippen MR) is 99.3 cm³/mol. The Bertz CT molecular complexity index is 391. The zero-order valence-corrected chi connectivity index (χ0v) is 17.4. The van der Waals surface area contributed by atoms with E-state index in [1.165, 1.54) is 0 Å². The molecule has 0 aliphatic heterocycles. The van der Waals surface area contributed by atoms with Gasteiger partial charge in [0.25, 0.3) is 0 Å². The molecule has 0 radical (unpaired) electrons. The molecule has 0 aromatic rings. The molecule has 0 aliphatic carbocycles. The van der Waals surface area contributed by atoms with Crippen molar-refractivity contribution in [1.29, 1.82) is 0 Å². The smallest absolute Gasteiger partial charge is 0.465 e. The van der Waals surface area contributed by atoms with Crippen LogP contribution in [-0.4, -0.2) is 31.4 Å². The van der Waals surface area contributed by atoms with Crippen molar-refractivity contribution in [3.63, 3.8) is 0 Å². The SMILES string of the molecule is CCOC(=O)OC(CC(C)C)C(CC(C)C)(CC(C)C)C(=O)OCC. The maximum atomic E-state index is 13.0. The fourth-order valence-corrected chi connectivity index (χ4v) is 3.46. The minimum Gasteiger partial charge on any atom is -0.465 e. The summed E-state index contributed by atoms with van der Waals surface area (Å²) in [6.07, 6.45) is 0.545. The quantitative estimate of drug-likeness (QED) is 0.474. The number of hydrogen-bond acceptors (Lipinski definition) is 5. The van der Waals surface area contributed by atoms with Crippen molar-refractivity contribution < 1.29 is 23.8 Å². The van der Waals surface area contributed by atoms with E-state index in [9.17, 15) is 9.59 Å². The van der Waals surface area contributed by atoms with Crippen LogP contribution < -0.4 is 0 Å². The van der Waals surface area contributed by atoms with Gasteiger partial charge in [0, 0.05) is 0 Å². The highest BCUT2D eigenvalue weighted by Crippen LogP contribution is 2.42. The Hall–Kier alpha value is -1.26. The monoisotopic (exact) mass is 358 g/mol. The number of esters is 1. The molecule has 0 heterocycles. The van der Waals surface area contributed by atoms with Crippen molar-refractivity contribution in [2.45, 2.75) is 80.8 Å². The van der Waals surface area contributed by atoms with E-state index in [2.05, 4.69) is 41.5 Å². The van der Waals surface area contributed by atoms with Crippen molar-refractivity contribution in [2.75, 3.05) is 13.2 Å². The van der Waals surface area contributed by atoms with Gasteiger partial charge >= 0.3 is 12.1 Å². The van der Waals surface area contributed by atoms with Crippen LogP contribution in [0.1, 0.15) is 74.7 Å². The Morgan fingerprint density at radius 1 is 0.800 bits per heavy atom. The molecule has 0 amide bonds. The Kier molecular flexibility index (Phi) is 10.8. The molecule has 25 heavy (non-hydrogen) atoms. The van der Waals surface area contributed by atoms with Gasteiger partial charge in [-0.1, -0.05) is 41.5 Å². The van der Waals surface area contributed by atoms with Crippen LogP contribution in [0.5, 0.6) is 0 Å². The molecule has 5 nitrogen and oxygen atoms in total. The number of rotatable bonds is 11. The van der Waals surface area contributed by atoms with Gasteiger partial charge in [0.2, 0.25) is 0 Å². The molecule has 5 heteroatoms. The summed E-state index contributed by atoms with van der Waals surface area (Å²) in [6, 6.07) is 0. The van der Waals surface area contributed by atoms with Gasteiger partial charge in [0.05, 0.1) is 13.2 Å². The topological polar surface area (TPSA) is 61.8 Å². The third kappa shape index (κ3) is 8.10. The van der Waals surface area contributed by atoms with Crippen LogP contribution in [0.15, 0.2) is 0 Å².